The molecule has 0 saturated carbocycles. The van der Waals surface area contributed by atoms with Crippen LogP contribution in [0, 0.1) is 11.8 Å². The molecule has 0 aromatic rings. The summed E-state index contributed by atoms with van der Waals surface area (Å²) in [5.41, 5.74) is 0. The van der Waals surface area contributed by atoms with Gasteiger partial charge in [-0.25, -0.2) is 4.79 Å². The fourth-order valence-corrected chi connectivity index (χ4v) is 2.89. The maximum absolute atomic E-state index is 10.8. The van der Waals surface area contributed by atoms with Crippen LogP contribution in [0.3, 0.4) is 0 Å². The Morgan fingerprint density at radius 1 is 1.03 bits per heavy atom. The van der Waals surface area contributed by atoms with E-state index in [1.165, 1.54) is 21.0 Å². The van der Waals surface area contributed by atoms with Gasteiger partial charge in [-0.3, -0.25) is 9.59 Å². The molecule has 9 heteroatoms. The first kappa shape index (κ1) is 34.9. The zero-order valence-corrected chi connectivity index (χ0v) is 21.8. The fraction of sp³-hybridized carbons (Fsp3) is 0.870. The lowest BCUT2D eigenvalue weighted by atomic mass is 9.94. The first-order valence-corrected chi connectivity index (χ1v) is 11.3. The Bertz CT molecular complexity index is 457. The lowest BCUT2D eigenvalue weighted by Crippen LogP contribution is -2.46. The Kier molecular flexibility index (Phi) is 24.5. The number of alkyl carbamates (subject to hydrolysis) is 1. The van der Waals surface area contributed by atoms with Crippen LogP contribution in [0.1, 0.15) is 68.2 Å². The summed E-state index contributed by atoms with van der Waals surface area (Å²) < 4.78 is 14.5. The number of Topliss-reactive ketones (excluding diaryl/α,β-unsaturated/α-hetero) is 1. The summed E-state index contributed by atoms with van der Waals surface area (Å²) in [5.74, 6) is 0.728. The molecule has 2 amide bonds. The highest BCUT2D eigenvalue weighted by Gasteiger charge is 2.22. The highest BCUT2D eigenvalue weighted by Crippen LogP contribution is 2.10. The van der Waals surface area contributed by atoms with E-state index in [-0.39, 0.29) is 5.78 Å². The van der Waals surface area contributed by atoms with Gasteiger partial charge >= 0.3 is 6.09 Å². The summed E-state index contributed by atoms with van der Waals surface area (Å²) >= 11 is 0. The van der Waals surface area contributed by atoms with Crippen molar-refractivity contribution in [2.75, 3.05) is 27.4 Å². The van der Waals surface area contributed by atoms with E-state index >= 15 is 0 Å². The van der Waals surface area contributed by atoms with E-state index in [2.05, 4.69) is 43.1 Å². The average molecular weight is 465 g/mol. The zero-order chi connectivity index (χ0) is 25.7. The van der Waals surface area contributed by atoms with Crippen LogP contribution in [-0.4, -0.2) is 75.1 Å². The Hall–Kier alpha value is -1.71. The van der Waals surface area contributed by atoms with E-state index in [1.807, 2.05) is 13.8 Å². The van der Waals surface area contributed by atoms with Gasteiger partial charge in [-0.2, -0.15) is 0 Å². The van der Waals surface area contributed by atoms with E-state index < -0.39 is 18.2 Å². The molecule has 9 nitrogen and oxygen atoms in total. The van der Waals surface area contributed by atoms with Crippen molar-refractivity contribution in [2.45, 2.75) is 92.5 Å². The van der Waals surface area contributed by atoms with Crippen molar-refractivity contribution in [1.29, 1.82) is 0 Å². The molecule has 2 atom stereocenters. The number of rotatable bonds is 8. The van der Waals surface area contributed by atoms with Crippen LogP contribution < -0.4 is 10.6 Å². The minimum atomic E-state index is -0.915. The molecule has 1 fully saturated rings. The molecular formula is C23H48N2O7. The average Bonchev–Trinajstić information content (AvgIpc) is 2.77. The molecule has 0 spiro atoms. The number of amides is 2. The van der Waals surface area contributed by atoms with E-state index in [0.717, 1.165) is 32.5 Å². The number of ketones is 1. The molecule has 1 rings (SSSR count). The van der Waals surface area contributed by atoms with Crippen LogP contribution in [0.2, 0.25) is 0 Å². The standard InChI is InChI=1S/C8H17NO.C7H13NO4.C6H12O2.C2H6/c1-6(2)8(7(3)4)9-5-10;1-4(9)6(5(2)10)8-7(11)12-3;1-7-6-2-4-8-5-3-6;1-2/h5-8H,1-4H3,(H,9,10);4,6,9H,1-3H3,(H,8,11);6H,2-5H2,1H3;1-2H3. The van der Waals surface area contributed by atoms with Gasteiger partial charge in [0.15, 0.2) is 5.78 Å². The number of carbonyl (C=O) groups is 3. The van der Waals surface area contributed by atoms with E-state index in [0.29, 0.717) is 24.0 Å². The monoisotopic (exact) mass is 464 g/mol. The van der Waals surface area contributed by atoms with Crippen LogP contribution in [0.25, 0.3) is 0 Å². The lowest BCUT2D eigenvalue weighted by Gasteiger charge is -2.23. The number of aliphatic hydroxyl groups excluding tert-OH is 1. The second-order valence-electron chi connectivity index (χ2n) is 7.81. The third-order valence-corrected chi connectivity index (χ3v) is 4.58. The number of ether oxygens (including phenoxy) is 3. The minimum absolute atomic E-state index is 0.310. The largest absolute Gasteiger partial charge is 0.453 e. The summed E-state index contributed by atoms with van der Waals surface area (Å²) in [6, 6.07) is -0.574. The van der Waals surface area contributed by atoms with Gasteiger partial charge in [-0.1, -0.05) is 41.5 Å². The zero-order valence-electron chi connectivity index (χ0n) is 21.8. The van der Waals surface area contributed by atoms with Gasteiger partial charge in [0, 0.05) is 26.4 Å². The van der Waals surface area contributed by atoms with Gasteiger partial charge < -0.3 is 30.0 Å². The minimum Gasteiger partial charge on any atom is -0.453 e. The fourth-order valence-electron chi connectivity index (χ4n) is 2.89. The first-order chi connectivity index (χ1) is 15.0. The topological polar surface area (TPSA) is 123 Å². The summed E-state index contributed by atoms with van der Waals surface area (Å²) in [6.07, 6.45) is 1.74. The highest BCUT2D eigenvalue weighted by atomic mass is 16.5. The molecular weight excluding hydrogens is 416 g/mol. The number of hydrogen-bond acceptors (Lipinski definition) is 7. The molecule has 1 heterocycles. The molecule has 0 aromatic carbocycles. The third-order valence-electron chi connectivity index (χ3n) is 4.58. The summed E-state index contributed by atoms with van der Waals surface area (Å²) in [6.45, 7) is 16.9. The Labute approximate surface area is 194 Å². The second kappa shape index (κ2) is 22.5. The molecule has 0 radical (unpaired) electrons. The summed E-state index contributed by atoms with van der Waals surface area (Å²) in [5, 5.41) is 14.0. The number of methoxy groups -OCH3 is 2. The van der Waals surface area contributed by atoms with Gasteiger partial charge in [-0.15, -0.1) is 0 Å². The van der Waals surface area contributed by atoms with Crippen LogP contribution in [0.15, 0.2) is 0 Å². The van der Waals surface area contributed by atoms with Crippen molar-refractivity contribution in [3.8, 4) is 0 Å². The molecule has 1 saturated heterocycles. The number of aliphatic hydroxyl groups is 1. The van der Waals surface area contributed by atoms with Crippen molar-refractivity contribution < 1.29 is 33.7 Å². The second-order valence-corrected chi connectivity index (χ2v) is 7.81. The molecule has 192 valence electrons. The maximum Gasteiger partial charge on any atom is 0.407 e. The van der Waals surface area contributed by atoms with Gasteiger partial charge in [-0.05, 0) is 38.5 Å². The molecule has 32 heavy (non-hydrogen) atoms. The van der Waals surface area contributed by atoms with Crippen LogP contribution in [0.5, 0.6) is 0 Å². The highest BCUT2D eigenvalue weighted by molar-refractivity contribution is 5.85. The number of hydrogen-bond donors (Lipinski definition) is 3. The molecule has 3 N–H and O–H groups in total. The first-order valence-electron chi connectivity index (χ1n) is 11.3. The normalized spacial score (nSPS) is 15.1. The molecule has 0 aromatic heterocycles. The maximum atomic E-state index is 10.8. The molecule has 0 bridgehead atoms. The van der Waals surface area contributed by atoms with Gasteiger partial charge in [0.05, 0.1) is 19.3 Å². The SMILES string of the molecule is CC.CC(C)C(NC=O)C(C)C.COC(=O)NC(C(C)=O)C(C)O.COC1CCOCC1. The Balaban J connectivity index is -0.000000384. The summed E-state index contributed by atoms with van der Waals surface area (Å²) in [7, 11) is 2.95. The number of carbonyl (C=O) groups excluding carboxylic acids is 3. The predicted octanol–water partition coefficient (Wildman–Crippen LogP) is 2.93. The quantitative estimate of drug-likeness (QED) is 0.472. The van der Waals surface area contributed by atoms with Crippen molar-refractivity contribution in [1.82, 2.24) is 10.6 Å². The van der Waals surface area contributed by atoms with Crippen molar-refractivity contribution in [3.05, 3.63) is 0 Å². The van der Waals surface area contributed by atoms with Gasteiger partial charge in [0.1, 0.15) is 6.04 Å². The van der Waals surface area contributed by atoms with Crippen molar-refractivity contribution >= 4 is 18.3 Å². The smallest absolute Gasteiger partial charge is 0.407 e. The van der Waals surface area contributed by atoms with Gasteiger partial charge in [0.25, 0.3) is 0 Å². The molecule has 1 aliphatic heterocycles. The van der Waals surface area contributed by atoms with E-state index in [1.54, 1.807) is 7.11 Å². The van der Waals surface area contributed by atoms with Crippen molar-refractivity contribution in [2.24, 2.45) is 11.8 Å². The van der Waals surface area contributed by atoms with Crippen LogP contribution in [0.4, 0.5) is 4.79 Å². The summed E-state index contributed by atoms with van der Waals surface area (Å²) in [4.78, 5) is 31.6. The third kappa shape index (κ3) is 19.0. The van der Waals surface area contributed by atoms with E-state index in [9.17, 15) is 14.4 Å². The molecule has 1 aliphatic rings. The Morgan fingerprint density at radius 3 is 1.72 bits per heavy atom. The molecule has 2 unspecified atom stereocenters. The number of nitrogens with one attached hydrogen (secondary N) is 2. The predicted molar refractivity (Wildman–Crippen MR) is 127 cm³/mol. The van der Waals surface area contributed by atoms with Crippen molar-refractivity contribution in [3.63, 3.8) is 0 Å². The van der Waals surface area contributed by atoms with E-state index in [4.69, 9.17) is 14.6 Å². The molecule has 0 aliphatic carbocycles. The van der Waals surface area contributed by atoms with Crippen LogP contribution in [-0.2, 0) is 23.8 Å². The lowest BCUT2D eigenvalue weighted by molar-refractivity contribution is -0.121. The van der Waals surface area contributed by atoms with Crippen LogP contribution >= 0.6 is 0 Å². The Morgan fingerprint density at radius 2 is 1.50 bits per heavy atom. The van der Waals surface area contributed by atoms with Gasteiger partial charge in [0.2, 0.25) is 6.41 Å².